The minimum Gasteiger partial charge on any atom is -0.456 e. The van der Waals surface area contributed by atoms with Gasteiger partial charge in [0.1, 0.15) is 11.2 Å². The van der Waals surface area contributed by atoms with E-state index in [0.29, 0.717) is 0 Å². The van der Waals surface area contributed by atoms with Gasteiger partial charge in [-0.1, -0.05) is 88.4 Å². The van der Waals surface area contributed by atoms with Crippen LogP contribution in [0.25, 0.3) is 76.9 Å². The highest BCUT2D eigenvalue weighted by molar-refractivity contribution is 6.26. The van der Waals surface area contributed by atoms with Crippen molar-refractivity contribution >= 4 is 65.6 Å². The van der Waals surface area contributed by atoms with Crippen LogP contribution in [0.15, 0.2) is 126 Å². The maximum atomic E-state index is 6.44. The molecule has 0 saturated heterocycles. The highest BCUT2D eigenvalue weighted by Crippen LogP contribution is 2.50. The number of hydrogen-bond donors (Lipinski definition) is 0. The van der Waals surface area contributed by atoms with Crippen molar-refractivity contribution < 1.29 is 4.42 Å². The molecule has 0 fully saturated rings. The van der Waals surface area contributed by atoms with Crippen molar-refractivity contribution in [2.24, 2.45) is 0 Å². The predicted octanol–water partition coefficient (Wildman–Crippen LogP) is 12.1. The minimum atomic E-state index is 0.0945. The zero-order valence-electron chi connectivity index (χ0n) is 27.3. The molecule has 3 aromatic heterocycles. The van der Waals surface area contributed by atoms with Gasteiger partial charge in [0.15, 0.2) is 0 Å². The van der Waals surface area contributed by atoms with E-state index in [4.69, 9.17) is 4.42 Å². The average molecular weight is 609 g/mol. The molecule has 0 N–H and O–H groups in total. The van der Waals surface area contributed by atoms with Crippen LogP contribution in [0.3, 0.4) is 0 Å². The summed E-state index contributed by atoms with van der Waals surface area (Å²) in [5, 5.41) is 7.46. The molecule has 3 heterocycles. The lowest BCUT2D eigenvalue weighted by Gasteiger charge is -2.42. The zero-order valence-corrected chi connectivity index (χ0v) is 27.3. The molecule has 0 amide bonds. The zero-order chi connectivity index (χ0) is 31.7. The Kier molecular flexibility index (Phi) is 5.24. The maximum absolute atomic E-state index is 6.44. The third-order valence-corrected chi connectivity index (χ3v) is 11.2. The van der Waals surface area contributed by atoms with Crippen LogP contribution < -0.4 is 0 Å². The van der Waals surface area contributed by atoms with Crippen molar-refractivity contribution in [3.8, 4) is 11.4 Å². The van der Waals surface area contributed by atoms with Gasteiger partial charge in [0.05, 0.1) is 22.1 Å². The first-order valence-electron chi connectivity index (χ1n) is 16.8. The Morgan fingerprint density at radius 2 is 1.13 bits per heavy atom. The van der Waals surface area contributed by atoms with Crippen LogP contribution in [0.2, 0.25) is 0 Å². The summed E-state index contributed by atoms with van der Waals surface area (Å²) >= 11 is 0. The molecule has 6 aromatic carbocycles. The van der Waals surface area contributed by atoms with Crippen LogP contribution in [0.4, 0.5) is 0 Å². The molecule has 1 aliphatic rings. The molecule has 228 valence electrons. The monoisotopic (exact) mass is 608 g/mol. The number of furan rings is 1. The first kappa shape index (κ1) is 26.9. The number of fused-ring (bicyclic) bond motifs is 11. The normalized spacial score (nSPS) is 15.8. The second-order valence-corrected chi connectivity index (χ2v) is 14.8. The molecule has 0 spiro atoms. The van der Waals surface area contributed by atoms with Gasteiger partial charge in [-0.05, 0) is 89.4 Å². The minimum absolute atomic E-state index is 0.0945. The number of para-hydroxylation sites is 3. The number of rotatable bonds is 2. The molecule has 47 heavy (non-hydrogen) atoms. The van der Waals surface area contributed by atoms with Crippen molar-refractivity contribution in [1.29, 1.82) is 0 Å². The summed E-state index contributed by atoms with van der Waals surface area (Å²) in [6, 6.07) is 44.5. The van der Waals surface area contributed by atoms with Gasteiger partial charge >= 0.3 is 0 Å². The lowest BCUT2D eigenvalue weighted by Crippen LogP contribution is -2.33. The summed E-state index contributed by atoms with van der Waals surface area (Å²) in [6.45, 7) is 9.70. The molecule has 3 nitrogen and oxygen atoms in total. The highest BCUT2D eigenvalue weighted by Gasteiger charge is 2.38. The molecular weight excluding hydrogens is 572 g/mol. The van der Waals surface area contributed by atoms with Gasteiger partial charge in [0.2, 0.25) is 0 Å². The van der Waals surface area contributed by atoms with E-state index >= 15 is 0 Å². The Labute approximate surface area is 273 Å². The van der Waals surface area contributed by atoms with Gasteiger partial charge in [0, 0.05) is 49.8 Å². The van der Waals surface area contributed by atoms with Crippen molar-refractivity contribution in [3.05, 3.63) is 132 Å². The number of benzene rings is 6. The summed E-state index contributed by atoms with van der Waals surface area (Å²) in [4.78, 5) is 0. The molecule has 0 aliphatic heterocycles. The molecule has 9 aromatic rings. The van der Waals surface area contributed by atoms with E-state index in [1.807, 2.05) is 6.07 Å². The van der Waals surface area contributed by atoms with Crippen molar-refractivity contribution in [2.45, 2.75) is 51.4 Å². The van der Waals surface area contributed by atoms with E-state index < -0.39 is 0 Å². The molecule has 0 bridgehead atoms. The number of hydrogen-bond acceptors (Lipinski definition) is 1. The van der Waals surface area contributed by atoms with E-state index in [9.17, 15) is 0 Å². The molecule has 1 aliphatic carbocycles. The lowest BCUT2D eigenvalue weighted by molar-refractivity contribution is 0.332. The summed E-state index contributed by atoms with van der Waals surface area (Å²) in [7, 11) is 0. The Bertz CT molecular complexity index is 2730. The van der Waals surface area contributed by atoms with Crippen LogP contribution in [0.1, 0.15) is 51.7 Å². The van der Waals surface area contributed by atoms with E-state index in [0.717, 1.165) is 27.6 Å². The smallest absolute Gasteiger partial charge is 0.137 e. The Morgan fingerprint density at radius 1 is 0.468 bits per heavy atom. The Morgan fingerprint density at radius 3 is 1.94 bits per heavy atom. The summed E-state index contributed by atoms with van der Waals surface area (Å²) in [5.41, 5.74) is 12.2. The Hall–Kier alpha value is -5.28. The third-order valence-electron chi connectivity index (χ3n) is 11.2. The SMILES string of the molecule is CC1(C)CCC(C)(C)c2cc3c(cc21)c1c(ccc2c4ccccc4n(-c4ccccc4)c21)n3-c1ccc2c(c1)oc1ccccc12. The Balaban J connectivity index is 1.41. The fourth-order valence-corrected chi connectivity index (χ4v) is 8.59. The molecule has 0 unspecified atom stereocenters. The van der Waals surface area contributed by atoms with E-state index in [1.165, 1.54) is 73.3 Å². The van der Waals surface area contributed by atoms with E-state index in [-0.39, 0.29) is 10.8 Å². The molecule has 10 rings (SSSR count). The summed E-state index contributed by atoms with van der Waals surface area (Å²) < 4.78 is 11.4. The molecule has 0 saturated carbocycles. The second-order valence-electron chi connectivity index (χ2n) is 14.8. The third kappa shape index (κ3) is 3.63. The van der Waals surface area contributed by atoms with Gasteiger partial charge in [-0.15, -0.1) is 0 Å². The lowest BCUT2D eigenvalue weighted by atomic mass is 9.63. The average Bonchev–Trinajstić information content (AvgIpc) is 3.73. The van der Waals surface area contributed by atoms with Gasteiger partial charge in [-0.2, -0.15) is 0 Å². The first-order valence-corrected chi connectivity index (χ1v) is 16.8. The molecule has 0 radical (unpaired) electrons. The molecule has 0 atom stereocenters. The maximum Gasteiger partial charge on any atom is 0.137 e. The standard InChI is InChI=1S/C44H36N2O/c1-43(2)22-23-44(3,4)35-26-38-33(25-34(35)43)41-37(45(38)28-18-19-31-30-15-9-11-17-39(30)47-40(31)24-28)21-20-32-29-14-8-10-16-36(29)46(42(32)41)27-12-6-5-7-13-27/h5-21,24-26H,22-23H2,1-4H3. The quantitative estimate of drug-likeness (QED) is 0.191. The number of nitrogens with zero attached hydrogens (tertiary/aromatic N) is 2. The molecule has 3 heteroatoms. The van der Waals surface area contributed by atoms with E-state index in [1.54, 1.807) is 0 Å². The molecular formula is C44H36N2O. The van der Waals surface area contributed by atoms with Crippen LogP contribution in [0, 0.1) is 0 Å². The predicted molar refractivity (Wildman–Crippen MR) is 198 cm³/mol. The summed E-state index contributed by atoms with van der Waals surface area (Å²) in [5.74, 6) is 0. The largest absolute Gasteiger partial charge is 0.456 e. The van der Waals surface area contributed by atoms with Gasteiger partial charge in [-0.25, -0.2) is 0 Å². The van der Waals surface area contributed by atoms with Gasteiger partial charge in [0.25, 0.3) is 0 Å². The van der Waals surface area contributed by atoms with Crippen LogP contribution in [-0.4, -0.2) is 9.13 Å². The highest BCUT2D eigenvalue weighted by atomic mass is 16.3. The van der Waals surface area contributed by atoms with Crippen molar-refractivity contribution in [1.82, 2.24) is 9.13 Å². The summed E-state index contributed by atoms with van der Waals surface area (Å²) in [6.07, 6.45) is 2.36. The van der Waals surface area contributed by atoms with Crippen LogP contribution in [-0.2, 0) is 10.8 Å². The first-order chi connectivity index (χ1) is 22.8. The van der Waals surface area contributed by atoms with Crippen LogP contribution >= 0.6 is 0 Å². The van der Waals surface area contributed by atoms with Crippen molar-refractivity contribution in [3.63, 3.8) is 0 Å². The fourth-order valence-electron chi connectivity index (χ4n) is 8.59. The fraction of sp³-hybridized carbons (Fsp3) is 0.182. The van der Waals surface area contributed by atoms with Gasteiger partial charge < -0.3 is 13.6 Å². The van der Waals surface area contributed by atoms with Gasteiger partial charge in [-0.3, -0.25) is 0 Å². The van der Waals surface area contributed by atoms with Crippen molar-refractivity contribution in [2.75, 3.05) is 0 Å². The number of aromatic nitrogens is 2. The van der Waals surface area contributed by atoms with E-state index in [2.05, 4.69) is 152 Å². The second kappa shape index (κ2) is 9.17. The topological polar surface area (TPSA) is 23.0 Å². The van der Waals surface area contributed by atoms with Crippen LogP contribution in [0.5, 0.6) is 0 Å².